The van der Waals surface area contributed by atoms with E-state index in [0.29, 0.717) is 26.1 Å². The van der Waals surface area contributed by atoms with Crippen LogP contribution in [0, 0.1) is 0 Å². The summed E-state index contributed by atoms with van der Waals surface area (Å²) >= 11 is 0. The second-order valence-electron chi connectivity index (χ2n) is 4.76. The molecule has 0 aliphatic heterocycles. The van der Waals surface area contributed by atoms with E-state index in [0.717, 1.165) is 0 Å². The van der Waals surface area contributed by atoms with Crippen LogP contribution in [-0.2, 0) is 21.3 Å². The van der Waals surface area contributed by atoms with Crippen LogP contribution in [0.25, 0.3) is 0 Å². The number of sulfonamides is 1. The normalized spacial score (nSPS) is 12.5. The third kappa shape index (κ3) is 4.86. The van der Waals surface area contributed by atoms with E-state index >= 15 is 0 Å². The fourth-order valence-corrected chi connectivity index (χ4v) is 2.66. The maximum atomic E-state index is 12.3. The van der Waals surface area contributed by atoms with Gasteiger partial charge in [0.25, 0.3) is 0 Å². The highest BCUT2D eigenvalue weighted by molar-refractivity contribution is 7.89. The maximum absolute atomic E-state index is 12.3. The number of hydrogen-bond acceptors (Lipinski definition) is 5. The third-order valence-corrected chi connectivity index (χ3v) is 4.53. The van der Waals surface area contributed by atoms with Gasteiger partial charge < -0.3 is 9.84 Å². The van der Waals surface area contributed by atoms with E-state index in [1.807, 2.05) is 13.8 Å². The zero-order valence-corrected chi connectivity index (χ0v) is 13.0. The topological polar surface area (TPSA) is 84.7 Å². The maximum Gasteiger partial charge on any atom is 0.246 e. The van der Waals surface area contributed by atoms with Crippen LogP contribution in [0.4, 0.5) is 0 Å². The molecular formula is C12H23N3O4S. The highest BCUT2D eigenvalue weighted by atomic mass is 32.2. The van der Waals surface area contributed by atoms with Crippen LogP contribution in [0.2, 0.25) is 0 Å². The van der Waals surface area contributed by atoms with Crippen molar-refractivity contribution in [1.82, 2.24) is 14.1 Å². The first-order valence-corrected chi connectivity index (χ1v) is 8.03. The first kappa shape index (κ1) is 17.1. The minimum absolute atomic E-state index is 0.0500. The number of aryl methyl sites for hydroxylation is 1. The Morgan fingerprint density at radius 1 is 1.50 bits per heavy atom. The zero-order valence-electron chi connectivity index (χ0n) is 12.2. The predicted molar refractivity (Wildman–Crippen MR) is 74.8 cm³/mol. The largest absolute Gasteiger partial charge is 0.396 e. The van der Waals surface area contributed by atoms with Crippen LogP contribution < -0.4 is 0 Å². The molecule has 0 bridgehead atoms. The molecule has 1 N–H and O–H groups in total. The number of rotatable bonds is 9. The number of likely N-dealkylation sites (N-methyl/N-ethyl adjacent to an activating group) is 1. The minimum atomic E-state index is -3.53. The van der Waals surface area contributed by atoms with Gasteiger partial charge in [-0.3, -0.25) is 4.68 Å². The molecule has 116 valence electrons. The summed E-state index contributed by atoms with van der Waals surface area (Å²) < 4.78 is 32.6. The first-order chi connectivity index (χ1) is 9.37. The smallest absolute Gasteiger partial charge is 0.246 e. The highest BCUT2D eigenvalue weighted by Crippen LogP contribution is 2.13. The van der Waals surface area contributed by atoms with Crippen molar-refractivity contribution in [2.45, 2.75) is 37.8 Å². The standard InChI is InChI=1S/C12H23N3O4S/c1-11(2)19-8-6-14(3)20(17,18)12-9-13-15(10-12)5-4-7-16/h9-11,16H,4-8H2,1-3H3. The summed E-state index contributed by atoms with van der Waals surface area (Å²) in [5, 5.41) is 12.7. The molecule has 1 heterocycles. The van der Waals surface area contributed by atoms with E-state index < -0.39 is 10.0 Å². The lowest BCUT2D eigenvalue weighted by atomic mass is 10.5. The molecule has 0 unspecified atom stereocenters. The van der Waals surface area contributed by atoms with Crippen molar-refractivity contribution in [3.05, 3.63) is 12.4 Å². The van der Waals surface area contributed by atoms with E-state index in [4.69, 9.17) is 9.84 Å². The monoisotopic (exact) mass is 305 g/mol. The lowest BCUT2D eigenvalue weighted by molar-refractivity contribution is 0.0737. The summed E-state index contributed by atoms with van der Waals surface area (Å²) in [6.07, 6.45) is 3.42. The molecule has 0 saturated carbocycles. The van der Waals surface area contributed by atoms with Crippen LogP contribution in [-0.4, -0.2) is 60.5 Å². The van der Waals surface area contributed by atoms with E-state index in [1.54, 1.807) is 0 Å². The first-order valence-electron chi connectivity index (χ1n) is 6.59. The molecule has 0 fully saturated rings. The molecule has 1 aromatic heterocycles. The molecule has 0 spiro atoms. The lowest BCUT2D eigenvalue weighted by Gasteiger charge is -2.16. The van der Waals surface area contributed by atoms with Crippen LogP contribution in [0.3, 0.4) is 0 Å². The van der Waals surface area contributed by atoms with Crippen molar-refractivity contribution in [1.29, 1.82) is 0 Å². The molecule has 0 aliphatic carbocycles. The van der Waals surface area contributed by atoms with Crippen molar-refractivity contribution in [3.8, 4) is 0 Å². The quantitative estimate of drug-likeness (QED) is 0.710. The van der Waals surface area contributed by atoms with Crippen molar-refractivity contribution in [3.63, 3.8) is 0 Å². The number of aliphatic hydroxyl groups is 1. The van der Waals surface area contributed by atoms with Gasteiger partial charge in [0.1, 0.15) is 4.90 Å². The van der Waals surface area contributed by atoms with Crippen molar-refractivity contribution < 1.29 is 18.3 Å². The number of aromatic nitrogens is 2. The molecule has 0 radical (unpaired) electrons. The van der Waals surface area contributed by atoms with Crippen molar-refractivity contribution >= 4 is 10.0 Å². The van der Waals surface area contributed by atoms with Gasteiger partial charge in [-0.05, 0) is 20.3 Å². The van der Waals surface area contributed by atoms with E-state index in [1.165, 1.54) is 28.4 Å². The number of hydrogen-bond donors (Lipinski definition) is 1. The predicted octanol–water partition coefficient (Wildman–Crippen LogP) is 0.311. The van der Waals surface area contributed by atoms with Crippen LogP contribution >= 0.6 is 0 Å². The van der Waals surface area contributed by atoms with Crippen molar-refractivity contribution in [2.75, 3.05) is 26.8 Å². The summed E-state index contributed by atoms with van der Waals surface area (Å²) in [6, 6.07) is 0. The number of aliphatic hydroxyl groups excluding tert-OH is 1. The minimum Gasteiger partial charge on any atom is -0.396 e. The molecule has 0 aromatic carbocycles. The Balaban J connectivity index is 2.64. The van der Waals surface area contributed by atoms with E-state index in [2.05, 4.69) is 5.10 Å². The van der Waals surface area contributed by atoms with Gasteiger partial charge in [0.2, 0.25) is 10.0 Å². The van der Waals surface area contributed by atoms with E-state index in [9.17, 15) is 8.42 Å². The molecular weight excluding hydrogens is 282 g/mol. The fraction of sp³-hybridized carbons (Fsp3) is 0.750. The second-order valence-corrected chi connectivity index (χ2v) is 6.81. The summed E-state index contributed by atoms with van der Waals surface area (Å²) in [5.74, 6) is 0. The molecule has 20 heavy (non-hydrogen) atoms. The van der Waals surface area contributed by atoms with Gasteiger partial charge in [-0.15, -0.1) is 0 Å². The van der Waals surface area contributed by atoms with Gasteiger partial charge in [-0.1, -0.05) is 0 Å². The molecule has 1 rings (SSSR count). The Labute approximate surface area is 120 Å². The molecule has 0 amide bonds. The number of ether oxygens (including phenoxy) is 1. The molecule has 0 atom stereocenters. The van der Waals surface area contributed by atoms with Gasteiger partial charge >= 0.3 is 0 Å². The Kier molecular flexibility index (Phi) is 6.60. The molecule has 8 heteroatoms. The SMILES string of the molecule is CC(C)OCCN(C)S(=O)(=O)c1cnn(CCCO)c1. The van der Waals surface area contributed by atoms with Gasteiger partial charge in [0.15, 0.2) is 0 Å². The van der Waals surface area contributed by atoms with Crippen LogP contribution in [0.1, 0.15) is 20.3 Å². The molecule has 1 aromatic rings. The van der Waals surface area contributed by atoms with Gasteiger partial charge in [0.05, 0.1) is 18.9 Å². The van der Waals surface area contributed by atoms with Gasteiger partial charge in [0, 0.05) is 32.9 Å². The fourth-order valence-electron chi connectivity index (χ4n) is 1.55. The summed E-state index contributed by atoms with van der Waals surface area (Å²) in [4.78, 5) is 0.155. The van der Waals surface area contributed by atoms with Crippen LogP contribution in [0.15, 0.2) is 17.3 Å². The van der Waals surface area contributed by atoms with Gasteiger partial charge in [-0.2, -0.15) is 9.40 Å². The van der Waals surface area contributed by atoms with Gasteiger partial charge in [-0.25, -0.2) is 8.42 Å². The third-order valence-electron chi connectivity index (χ3n) is 2.72. The average Bonchev–Trinajstić information content (AvgIpc) is 2.85. The van der Waals surface area contributed by atoms with E-state index in [-0.39, 0.29) is 17.6 Å². The molecule has 0 aliphatic rings. The van der Waals surface area contributed by atoms with Crippen molar-refractivity contribution in [2.24, 2.45) is 0 Å². The lowest BCUT2D eigenvalue weighted by Crippen LogP contribution is -2.30. The number of nitrogens with zero attached hydrogens (tertiary/aromatic N) is 3. The summed E-state index contributed by atoms with van der Waals surface area (Å²) in [7, 11) is -2.02. The Bertz CT molecular complexity index is 499. The molecule has 7 nitrogen and oxygen atoms in total. The summed E-state index contributed by atoms with van der Waals surface area (Å²) in [5.41, 5.74) is 0. The second kappa shape index (κ2) is 7.72. The summed E-state index contributed by atoms with van der Waals surface area (Å²) in [6.45, 7) is 4.99. The Morgan fingerprint density at radius 3 is 2.80 bits per heavy atom. The van der Waals surface area contributed by atoms with Crippen LogP contribution in [0.5, 0.6) is 0 Å². The molecule has 0 saturated heterocycles. The Morgan fingerprint density at radius 2 is 2.20 bits per heavy atom. The average molecular weight is 305 g/mol. The highest BCUT2D eigenvalue weighted by Gasteiger charge is 2.22. The zero-order chi connectivity index (χ0) is 15.2. The Hall–Kier alpha value is -0.960.